The molecule has 0 aliphatic heterocycles. The molecule has 0 fully saturated rings. The van der Waals surface area contributed by atoms with Crippen LogP contribution >= 0.6 is 0 Å². The van der Waals surface area contributed by atoms with E-state index in [1.54, 1.807) is 6.33 Å². The number of aromatic nitrogens is 3. The molecule has 1 rings (SSSR count). The summed E-state index contributed by atoms with van der Waals surface area (Å²) < 4.78 is 1.91. The van der Waals surface area contributed by atoms with Crippen molar-refractivity contribution in [1.82, 2.24) is 20.1 Å². The van der Waals surface area contributed by atoms with Crippen LogP contribution in [0.1, 0.15) is 14.2 Å². The Kier molecular flexibility index (Phi) is 2.39. The summed E-state index contributed by atoms with van der Waals surface area (Å²) >= 11 is 0. The largest absolute Gasteiger partial charge is 0.320 e. The molecule has 0 saturated carbocycles. The third-order valence-corrected chi connectivity index (χ3v) is 1.34. The molecule has 0 radical (unpaired) electrons. The summed E-state index contributed by atoms with van der Waals surface area (Å²) in [6.45, 7) is 3.83. The Morgan fingerprint density at radius 3 is 3.10 bits per heavy atom. The lowest BCUT2D eigenvalue weighted by Gasteiger charge is -1.98. The maximum absolute atomic E-state index is 3.90. The van der Waals surface area contributed by atoms with Crippen molar-refractivity contribution in [2.24, 2.45) is 7.05 Å². The molecular weight excluding hydrogens is 128 g/mol. The molecule has 1 aromatic rings. The van der Waals surface area contributed by atoms with E-state index in [0.717, 1.165) is 18.9 Å². The Labute approximate surface area is 61.8 Å². The van der Waals surface area contributed by atoms with E-state index in [9.17, 15) is 0 Å². The van der Waals surface area contributed by atoms with Crippen molar-refractivity contribution >= 4 is 0 Å². The first kappa shape index (κ1) is 7.21. The molecule has 0 aromatic carbocycles. The zero-order valence-electron chi connectivity index (χ0n) is 6.33. The van der Waals surface area contributed by atoms with E-state index in [2.05, 4.69) is 22.4 Å². The van der Waals surface area contributed by atoms with Crippen molar-refractivity contribution in [2.45, 2.75) is 13.5 Å². The van der Waals surface area contributed by atoms with E-state index >= 15 is 0 Å². The summed E-state index contributed by atoms with van der Waals surface area (Å²) in [5.41, 5.74) is 0. The Morgan fingerprint density at radius 2 is 2.60 bits per heavy atom. The van der Waals surface area contributed by atoms with Gasteiger partial charge in [-0.25, -0.2) is 0 Å². The number of hydrogen-bond acceptors (Lipinski definition) is 3. The molecule has 4 heteroatoms. The van der Waals surface area contributed by atoms with E-state index in [1.165, 1.54) is 0 Å². The van der Waals surface area contributed by atoms with E-state index in [0.29, 0.717) is 0 Å². The highest BCUT2D eigenvalue weighted by molar-refractivity contribution is 4.82. The average Bonchev–Trinajstić information content (AvgIpc) is 2.31. The van der Waals surface area contributed by atoms with Crippen molar-refractivity contribution in [3.05, 3.63) is 12.2 Å². The molecule has 0 aliphatic rings. The number of nitrogens with one attached hydrogen (secondary N) is 1. The first-order valence-corrected chi connectivity index (χ1v) is 3.38. The van der Waals surface area contributed by atoms with Crippen LogP contribution in [0.2, 0.25) is 0 Å². The number of aryl methyl sites for hydroxylation is 1. The van der Waals surface area contributed by atoms with Gasteiger partial charge >= 0.3 is 0 Å². The van der Waals surface area contributed by atoms with Crippen LogP contribution in [0.25, 0.3) is 0 Å². The fourth-order valence-corrected chi connectivity index (χ4v) is 0.704. The maximum Gasteiger partial charge on any atom is 0.146 e. The van der Waals surface area contributed by atoms with E-state index < -0.39 is 0 Å². The Bertz CT molecular complexity index is 198. The van der Waals surface area contributed by atoms with Gasteiger partial charge in [0.2, 0.25) is 0 Å². The quantitative estimate of drug-likeness (QED) is 0.654. The third kappa shape index (κ3) is 1.54. The van der Waals surface area contributed by atoms with Gasteiger partial charge in [0.15, 0.2) is 0 Å². The molecule has 0 atom stereocenters. The summed E-state index contributed by atoms with van der Waals surface area (Å²) in [6, 6.07) is 0. The average molecular weight is 142 g/mol. The number of rotatable bonds is 3. The molecule has 58 valence electrons. The van der Waals surface area contributed by atoms with Crippen molar-refractivity contribution < 1.29 is 1.43 Å². The molecule has 0 amide bonds. The van der Waals surface area contributed by atoms with Crippen LogP contribution in [0.4, 0.5) is 0 Å². The second kappa shape index (κ2) is 3.31. The van der Waals surface area contributed by atoms with Crippen LogP contribution in [0.15, 0.2) is 6.33 Å². The lowest BCUT2D eigenvalue weighted by molar-refractivity contribution is 0.659. The second-order valence-corrected chi connectivity index (χ2v) is 2.14. The van der Waals surface area contributed by atoms with Gasteiger partial charge in [-0.2, -0.15) is 0 Å². The second-order valence-electron chi connectivity index (χ2n) is 2.14. The summed E-state index contributed by atoms with van der Waals surface area (Å²) in [6.07, 6.45) is 1.70. The summed E-state index contributed by atoms with van der Waals surface area (Å²) in [7, 11) is 1.94. The molecule has 1 heterocycles. The first-order valence-electron chi connectivity index (χ1n) is 3.38. The van der Waals surface area contributed by atoms with Crippen molar-refractivity contribution in [3.8, 4) is 0 Å². The molecule has 0 saturated heterocycles. The standard InChI is InChI=1S/C6H12N4.H2/c1-3-7-4-6-9-8-5-10(6)2;/h5,7H,3-4H2,1-2H3;1H. The molecule has 1 N–H and O–H groups in total. The Morgan fingerprint density at radius 1 is 1.80 bits per heavy atom. The van der Waals surface area contributed by atoms with Gasteiger partial charge in [0.25, 0.3) is 0 Å². The normalized spacial score (nSPS) is 10.2. The Balaban J connectivity index is 0.000001000. The van der Waals surface area contributed by atoms with Crippen LogP contribution in [0, 0.1) is 0 Å². The van der Waals surface area contributed by atoms with Crippen molar-refractivity contribution in [1.29, 1.82) is 0 Å². The number of hydrogen-bond donors (Lipinski definition) is 1. The highest BCUT2D eigenvalue weighted by Gasteiger charge is 1.96. The summed E-state index contributed by atoms with van der Waals surface area (Å²) in [4.78, 5) is 0. The smallest absolute Gasteiger partial charge is 0.146 e. The minimum Gasteiger partial charge on any atom is -0.320 e. The number of nitrogens with zero attached hydrogens (tertiary/aromatic N) is 3. The molecule has 0 aliphatic carbocycles. The van der Waals surface area contributed by atoms with Crippen molar-refractivity contribution in [3.63, 3.8) is 0 Å². The van der Waals surface area contributed by atoms with Gasteiger partial charge in [-0.3, -0.25) is 0 Å². The predicted octanol–water partition coefficient (Wildman–Crippen LogP) is 0.171. The van der Waals surface area contributed by atoms with Gasteiger partial charge in [-0.15, -0.1) is 10.2 Å². The van der Waals surface area contributed by atoms with Gasteiger partial charge in [0, 0.05) is 8.47 Å². The van der Waals surface area contributed by atoms with Gasteiger partial charge < -0.3 is 9.88 Å². The zero-order valence-corrected chi connectivity index (χ0v) is 6.33. The molecule has 0 unspecified atom stereocenters. The monoisotopic (exact) mass is 142 g/mol. The van der Waals surface area contributed by atoms with Gasteiger partial charge in [0.1, 0.15) is 12.2 Å². The minimum absolute atomic E-state index is 0. The molecule has 0 spiro atoms. The molecule has 1 aromatic heterocycles. The van der Waals surface area contributed by atoms with Crippen molar-refractivity contribution in [2.75, 3.05) is 6.54 Å². The first-order chi connectivity index (χ1) is 4.84. The van der Waals surface area contributed by atoms with Crippen LogP contribution in [-0.2, 0) is 13.6 Å². The summed E-state index contributed by atoms with van der Waals surface area (Å²) in [5, 5.41) is 10.8. The van der Waals surface area contributed by atoms with Gasteiger partial charge in [0.05, 0.1) is 6.54 Å². The fourth-order valence-electron chi connectivity index (χ4n) is 0.704. The van der Waals surface area contributed by atoms with Crippen LogP contribution in [0.3, 0.4) is 0 Å². The lowest BCUT2D eigenvalue weighted by atomic mass is 10.5. The Hall–Kier alpha value is -0.900. The zero-order chi connectivity index (χ0) is 7.40. The summed E-state index contributed by atoms with van der Waals surface area (Å²) in [5.74, 6) is 0.974. The minimum atomic E-state index is 0. The van der Waals surface area contributed by atoms with Crippen LogP contribution in [-0.4, -0.2) is 21.3 Å². The highest BCUT2D eigenvalue weighted by atomic mass is 15.3. The predicted molar refractivity (Wildman–Crippen MR) is 40.5 cm³/mol. The van der Waals surface area contributed by atoms with Gasteiger partial charge in [-0.1, -0.05) is 6.92 Å². The van der Waals surface area contributed by atoms with Crippen LogP contribution < -0.4 is 5.32 Å². The molecule has 0 bridgehead atoms. The highest BCUT2D eigenvalue weighted by Crippen LogP contribution is 1.88. The van der Waals surface area contributed by atoms with Crippen LogP contribution in [0.5, 0.6) is 0 Å². The topological polar surface area (TPSA) is 42.7 Å². The maximum atomic E-state index is 3.90. The molecule has 4 nitrogen and oxygen atoms in total. The SMILES string of the molecule is CCNCc1nncn1C.[HH]. The lowest BCUT2D eigenvalue weighted by Crippen LogP contribution is -2.14. The molecule has 10 heavy (non-hydrogen) atoms. The van der Waals surface area contributed by atoms with Gasteiger partial charge in [-0.05, 0) is 6.54 Å². The molecular formula is C6H14N4. The fraction of sp³-hybridized carbons (Fsp3) is 0.667. The van der Waals surface area contributed by atoms with E-state index in [4.69, 9.17) is 0 Å². The van der Waals surface area contributed by atoms with E-state index in [-0.39, 0.29) is 1.43 Å². The third-order valence-electron chi connectivity index (χ3n) is 1.34. The van der Waals surface area contributed by atoms with E-state index in [1.807, 2.05) is 11.6 Å².